The quantitative estimate of drug-likeness (QED) is 0.830. The Balaban J connectivity index is 1.88. The predicted octanol–water partition coefficient (Wildman–Crippen LogP) is 1.14. The molecule has 0 saturated carbocycles. The molecule has 1 atom stereocenters. The lowest BCUT2D eigenvalue weighted by Gasteiger charge is -2.37. The van der Waals surface area contributed by atoms with Crippen molar-refractivity contribution in [1.82, 2.24) is 19.2 Å². The average Bonchev–Trinajstić information content (AvgIpc) is 2.43. The zero-order valence-electron chi connectivity index (χ0n) is 12.9. The van der Waals surface area contributed by atoms with Crippen molar-refractivity contribution in [3.8, 4) is 0 Å². The molecule has 5 heteroatoms. The second-order valence-electron chi connectivity index (χ2n) is 6.10. The maximum absolute atomic E-state index is 12.2. The topological polar surface area (TPSA) is 40.9 Å². The smallest absolute Gasteiger partial charge is 0.258 e. The third kappa shape index (κ3) is 2.99. The summed E-state index contributed by atoms with van der Waals surface area (Å²) in [5.41, 5.74) is 2.65. The van der Waals surface area contributed by atoms with Gasteiger partial charge in [0, 0.05) is 44.5 Å². The Morgan fingerprint density at radius 1 is 1.33 bits per heavy atom. The molecular weight excluding hydrogens is 264 g/mol. The Morgan fingerprint density at radius 3 is 2.90 bits per heavy atom. The van der Waals surface area contributed by atoms with Crippen molar-refractivity contribution in [2.24, 2.45) is 0 Å². The Hall–Kier alpha value is -1.72. The molecule has 3 rings (SSSR count). The van der Waals surface area contributed by atoms with Crippen LogP contribution in [0.2, 0.25) is 0 Å². The van der Waals surface area contributed by atoms with Crippen LogP contribution in [0.25, 0.3) is 5.65 Å². The van der Waals surface area contributed by atoms with Crippen LogP contribution in [-0.2, 0) is 6.54 Å². The molecule has 1 unspecified atom stereocenters. The number of fused-ring (bicyclic) bond motifs is 1. The summed E-state index contributed by atoms with van der Waals surface area (Å²) < 4.78 is 1.62. The number of nitrogens with zero attached hydrogens (tertiary/aromatic N) is 4. The maximum Gasteiger partial charge on any atom is 0.258 e. The van der Waals surface area contributed by atoms with Crippen molar-refractivity contribution in [1.29, 1.82) is 0 Å². The molecule has 2 aromatic rings. The van der Waals surface area contributed by atoms with Gasteiger partial charge in [0.15, 0.2) is 0 Å². The van der Waals surface area contributed by atoms with Gasteiger partial charge in [-0.2, -0.15) is 0 Å². The molecule has 0 radical (unpaired) electrons. The number of rotatable bonds is 2. The molecule has 112 valence electrons. The van der Waals surface area contributed by atoms with Gasteiger partial charge in [-0.3, -0.25) is 14.1 Å². The SMILES string of the molecule is Cc1ccc2nc(CN3CCN(C)CC3C)cc(=O)n2c1. The summed E-state index contributed by atoms with van der Waals surface area (Å²) in [7, 11) is 2.15. The van der Waals surface area contributed by atoms with Gasteiger partial charge in [0.2, 0.25) is 0 Å². The number of aromatic nitrogens is 2. The van der Waals surface area contributed by atoms with E-state index in [9.17, 15) is 4.79 Å². The molecule has 2 aromatic heterocycles. The molecule has 1 fully saturated rings. The molecule has 0 spiro atoms. The molecule has 0 aliphatic carbocycles. The van der Waals surface area contributed by atoms with Crippen molar-refractivity contribution in [2.45, 2.75) is 26.4 Å². The number of aryl methyl sites for hydroxylation is 1. The van der Waals surface area contributed by atoms with E-state index >= 15 is 0 Å². The highest BCUT2D eigenvalue weighted by Gasteiger charge is 2.21. The normalized spacial score (nSPS) is 21.0. The van der Waals surface area contributed by atoms with Gasteiger partial charge in [-0.15, -0.1) is 0 Å². The lowest BCUT2D eigenvalue weighted by molar-refractivity contribution is 0.0927. The Morgan fingerprint density at radius 2 is 2.14 bits per heavy atom. The van der Waals surface area contributed by atoms with E-state index in [1.54, 1.807) is 10.5 Å². The summed E-state index contributed by atoms with van der Waals surface area (Å²) in [5.74, 6) is 0. The second kappa shape index (κ2) is 5.58. The van der Waals surface area contributed by atoms with Gasteiger partial charge in [0.05, 0.1) is 5.69 Å². The van der Waals surface area contributed by atoms with Crippen LogP contribution >= 0.6 is 0 Å². The number of pyridine rings is 1. The molecule has 1 aliphatic heterocycles. The Kier molecular flexibility index (Phi) is 3.78. The molecule has 0 amide bonds. The summed E-state index contributed by atoms with van der Waals surface area (Å²) >= 11 is 0. The largest absolute Gasteiger partial charge is 0.304 e. The van der Waals surface area contributed by atoms with Crippen molar-refractivity contribution >= 4 is 5.65 Å². The van der Waals surface area contributed by atoms with E-state index in [0.717, 1.165) is 43.1 Å². The molecular formula is C16H22N4O. The van der Waals surface area contributed by atoms with E-state index in [-0.39, 0.29) is 5.56 Å². The molecule has 0 aromatic carbocycles. The molecule has 21 heavy (non-hydrogen) atoms. The first-order valence-corrected chi connectivity index (χ1v) is 7.44. The second-order valence-corrected chi connectivity index (χ2v) is 6.10. The minimum absolute atomic E-state index is 0.000445. The molecule has 5 nitrogen and oxygen atoms in total. The van der Waals surface area contributed by atoms with Gasteiger partial charge in [-0.05, 0) is 32.5 Å². The van der Waals surface area contributed by atoms with Crippen molar-refractivity contribution in [3.05, 3.63) is 46.0 Å². The zero-order chi connectivity index (χ0) is 15.0. The van der Waals surface area contributed by atoms with Crippen LogP contribution < -0.4 is 5.56 Å². The van der Waals surface area contributed by atoms with Crippen molar-refractivity contribution < 1.29 is 0 Å². The van der Waals surface area contributed by atoms with E-state index in [0.29, 0.717) is 6.04 Å². The molecule has 1 aliphatic rings. The van der Waals surface area contributed by atoms with Crippen molar-refractivity contribution in [3.63, 3.8) is 0 Å². The summed E-state index contributed by atoms with van der Waals surface area (Å²) in [4.78, 5) is 21.6. The first kappa shape index (κ1) is 14.2. The summed E-state index contributed by atoms with van der Waals surface area (Å²) in [5, 5.41) is 0. The summed E-state index contributed by atoms with van der Waals surface area (Å²) in [6.07, 6.45) is 1.84. The maximum atomic E-state index is 12.2. The fourth-order valence-electron chi connectivity index (χ4n) is 2.96. The fraction of sp³-hybridized carbons (Fsp3) is 0.500. The van der Waals surface area contributed by atoms with Crippen LogP contribution in [0, 0.1) is 6.92 Å². The number of hydrogen-bond donors (Lipinski definition) is 0. The minimum atomic E-state index is 0.000445. The molecule has 0 N–H and O–H groups in total. The van der Waals surface area contributed by atoms with Crippen LogP contribution in [0.15, 0.2) is 29.2 Å². The fourth-order valence-corrected chi connectivity index (χ4v) is 2.96. The monoisotopic (exact) mass is 286 g/mol. The van der Waals surface area contributed by atoms with Crippen LogP contribution in [0.4, 0.5) is 0 Å². The van der Waals surface area contributed by atoms with Gasteiger partial charge < -0.3 is 4.90 Å². The standard InChI is InChI=1S/C16H22N4O/c1-12-4-5-15-17-14(8-16(21)20(15)9-12)11-19-7-6-18(3)10-13(19)2/h4-5,8-9,13H,6-7,10-11H2,1-3H3. The van der Waals surface area contributed by atoms with Crippen molar-refractivity contribution in [2.75, 3.05) is 26.7 Å². The van der Waals surface area contributed by atoms with Gasteiger partial charge >= 0.3 is 0 Å². The van der Waals surface area contributed by atoms with Crippen LogP contribution in [0.1, 0.15) is 18.2 Å². The van der Waals surface area contributed by atoms with Crippen LogP contribution in [-0.4, -0.2) is 51.9 Å². The highest BCUT2D eigenvalue weighted by Crippen LogP contribution is 2.12. The van der Waals surface area contributed by atoms with E-state index < -0.39 is 0 Å². The average molecular weight is 286 g/mol. The van der Waals surface area contributed by atoms with Gasteiger partial charge in [-0.25, -0.2) is 4.98 Å². The minimum Gasteiger partial charge on any atom is -0.304 e. The molecule has 0 bridgehead atoms. The van der Waals surface area contributed by atoms with Gasteiger partial charge in [-0.1, -0.05) is 6.07 Å². The molecule has 1 saturated heterocycles. The predicted molar refractivity (Wildman–Crippen MR) is 83.6 cm³/mol. The third-order valence-electron chi connectivity index (χ3n) is 4.19. The lowest BCUT2D eigenvalue weighted by Crippen LogP contribution is -2.50. The Labute approximate surface area is 124 Å². The first-order chi connectivity index (χ1) is 10.0. The summed E-state index contributed by atoms with van der Waals surface area (Å²) in [6.45, 7) is 8.10. The third-order valence-corrected chi connectivity index (χ3v) is 4.19. The number of piperazine rings is 1. The highest BCUT2D eigenvalue weighted by molar-refractivity contribution is 5.39. The zero-order valence-corrected chi connectivity index (χ0v) is 12.9. The number of likely N-dealkylation sites (N-methyl/N-ethyl adjacent to an activating group) is 1. The lowest BCUT2D eigenvalue weighted by atomic mass is 10.2. The van der Waals surface area contributed by atoms with E-state index in [1.807, 2.05) is 25.3 Å². The highest BCUT2D eigenvalue weighted by atomic mass is 16.1. The molecule has 3 heterocycles. The van der Waals surface area contributed by atoms with E-state index in [2.05, 4.69) is 28.8 Å². The van der Waals surface area contributed by atoms with Gasteiger partial charge in [0.25, 0.3) is 5.56 Å². The number of hydrogen-bond acceptors (Lipinski definition) is 4. The first-order valence-electron chi connectivity index (χ1n) is 7.44. The van der Waals surface area contributed by atoms with E-state index in [4.69, 9.17) is 0 Å². The Bertz CT molecular complexity index is 709. The van der Waals surface area contributed by atoms with Crippen LogP contribution in [0.3, 0.4) is 0 Å². The van der Waals surface area contributed by atoms with Gasteiger partial charge in [0.1, 0.15) is 5.65 Å². The van der Waals surface area contributed by atoms with E-state index in [1.165, 1.54) is 0 Å². The summed E-state index contributed by atoms with van der Waals surface area (Å²) in [6, 6.07) is 6.05. The van der Waals surface area contributed by atoms with Crippen LogP contribution in [0.5, 0.6) is 0 Å².